The van der Waals surface area contributed by atoms with Gasteiger partial charge in [-0.1, -0.05) is 23.2 Å². The number of carbonyl (C=O) groups is 1. The van der Waals surface area contributed by atoms with Gasteiger partial charge in [-0.05, 0) is 18.2 Å². The molecule has 0 radical (unpaired) electrons. The van der Waals surface area contributed by atoms with Gasteiger partial charge in [-0.15, -0.1) is 11.3 Å². The predicted octanol–water partition coefficient (Wildman–Crippen LogP) is 4.08. The van der Waals surface area contributed by atoms with Crippen molar-refractivity contribution in [3.05, 3.63) is 33.6 Å². The molecule has 0 atom stereocenters. The number of amides is 1. The number of hydrogen-bond acceptors (Lipinski definition) is 3. The minimum absolute atomic E-state index is 0.145. The molecule has 0 aliphatic carbocycles. The summed E-state index contributed by atoms with van der Waals surface area (Å²) in [5, 5.41) is 6.13. The zero-order chi connectivity index (χ0) is 12.4. The van der Waals surface area contributed by atoms with E-state index in [-0.39, 0.29) is 5.91 Å². The highest BCUT2D eigenvalue weighted by atomic mass is 35.5. The summed E-state index contributed by atoms with van der Waals surface area (Å²) >= 11 is 13.2. The summed E-state index contributed by atoms with van der Waals surface area (Å²) in [7, 11) is 0. The topological polar surface area (TPSA) is 42.0 Å². The Morgan fingerprint density at radius 3 is 2.82 bits per heavy atom. The second kappa shape index (κ2) is 5.04. The van der Waals surface area contributed by atoms with Crippen LogP contribution in [0.15, 0.2) is 23.6 Å². The van der Waals surface area contributed by atoms with Crippen LogP contribution in [0.1, 0.15) is 6.92 Å². The second-order valence-electron chi connectivity index (χ2n) is 3.34. The number of aromatic nitrogens is 1. The largest absolute Gasteiger partial charge is 0.302 e. The number of thiazole rings is 1. The maximum Gasteiger partial charge on any atom is 0.223 e. The van der Waals surface area contributed by atoms with Crippen LogP contribution >= 0.6 is 34.5 Å². The van der Waals surface area contributed by atoms with Gasteiger partial charge < -0.3 is 5.32 Å². The maximum absolute atomic E-state index is 10.9. The Morgan fingerprint density at radius 2 is 2.18 bits per heavy atom. The van der Waals surface area contributed by atoms with E-state index < -0.39 is 0 Å². The number of anilines is 1. The van der Waals surface area contributed by atoms with Crippen molar-refractivity contribution in [1.29, 1.82) is 0 Å². The highest BCUT2D eigenvalue weighted by Gasteiger charge is 2.09. The third kappa shape index (κ3) is 2.97. The van der Waals surface area contributed by atoms with E-state index in [2.05, 4.69) is 10.3 Å². The van der Waals surface area contributed by atoms with Gasteiger partial charge in [0.15, 0.2) is 5.13 Å². The normalized spacial score (nSPS) is 10.3. The summed E-state index contributed by atoms with van der Waals surface area (Å²) in [6, 6.07) is 5.22. The number of carbonyl (C=O) groups excluding carboxylic acids is 1. The summed E-state index contributed by atoms with van der Waals surface area (Å²) < 4.78 is 0. The van der Waals surface area contributed by atoms with Crippen LogP contribution < -0.4 is 5.32 Å². The summed E-state index contributed by atoms with van der Waals surface area (Å²) in [6.45, 7) is 1.44. The van der Waals surface area contributed by atoms with Crippen LogP contribution in [0.25, 0.3) is 11.3 Å². The van der Waals surface area contributed by atoms with Crippen molar-refractivity contribution >= 4 is 45.6 Å². The molecule has 6 heteroatoms. The summed E-state index contributed by atoms with van der Waals surface area (Å²) in [5.41, 5.74) is 1.52. The van der Waals surface area contributed by atoms with E-state index in [9.17, 15) is 4.79 Å². The first-order chi connectivity index (χ1) is 8.06. The first-order valence-corrected chi connectivity index (χ1v) is 6.38. The molecule has 88 valence electrons. The zero-order valence-corrected chi connectivity index (χ0v) is 11.2. The minimum Gasteiger partial charge on any atom is -0.302 e. The van der Waals surface area contributed by atoms with E-state index in [4.69, 9.17) is 23.2 Å². The Morgan fingerprint density at radius 1 is 1.41 bits per heavy atom. The van der Waals surface area contributed by atoms with Crippen molar-refractivity contribution in [3.8, 4) is 11.3 Å². The van der Waals surface area contributed by atoms with Gasteiger partial charge in [0.2, 0.25) is 5.91 Å². The molecule has 2 rings (SSSR count). The number of halogens is 2. The summed E-state index contributed by atoms with van der Waals surface area (Å²) in [4.78, 5) is 15.2. The lowest BCUT2D eigenvalue weighted by molar-refractivity contribution is -0.114. The van der Waals surface area contributed by atoms with Crippen molar-refractivity contribution in [2.24, 2.45) is 0 Å². The molecule has 3 nitrogen and oxygen atoms in total. The monoisotopic (exact) mass is 286 g/mol. The average Bonchev–Trinajstić information content (AvgIpc) is 2.65. The second-order valence-corrected chi connectivity index (χ2v) is 5.04. The Hall–Kier alpha value is -1.10. The molecule has 2 aromatic rings. The Labute approximate surface area is 112 Å². The van der Waals surface area contributed by atoms with Gasteiger partial charge in [0.25, 0.3) is 0 Å². The molecule has 0 aliphatic rings. The van der Waals surface area contributed by atoms with Gasteiger partial charge >= 0.3 is 0 Å². The quantitative estimate of drug-likeness (QED) is 0.904. The Bertz CT molecular complexity index is 568. The van der Waals surface area contributed by atoms with Crippen LogP contribution in [0.4, 0.5) is 5.13 Å². The molecule has 0 saturated carbocycles. The number of rotatable bonds is 2. The minimum atomic E-state index is -0.145. The van der Waals surface area contributed by atoms with Crippen LogP contribution in [0, 0.1) is 0 Å². The fourth-order valence-electron chi connectivity index (χ4n) is 1.30. The molecule has 1 amide bonds. The first kappa shape index (κ1) is 12.4. The summed E-state index contributed by atoms with van der Waals surface area (Å²) in [6.07, 6.45) is 0. The van der Waals surface area contributed by atoms with Crippen molar-refractivity contribution in [1.82, 2.24) is 4.98 Å². The van der Waals surface area contributed by atoms with Gasteiger partial charge in [0.1, 0.15) is 0 Å². The number of nitrogens with one attached hydrogen (secondary N) is 1. The van der Waals surface area contributed by atoms with Crippen LogP contribution in [0.2, 0.25) is 10.0 Å². The molecule has 0 aliphatic heterocycles. The third-order valence-electron chi connectivity index (χ3n) is 1.99. The average molecular weight is 287 g/mol. The molecule has 0 fully saturated rings. The van der Waals surface area contributed by atoms with Gasteiger partial charge in [-0.3, -0.25) is 4.79 Å². The predicted molar refractivity (Wildman–Crippen MR) is 71.9 cm³/mol. The molecule has 1 aromatic carbocycles. The lowest BCUT2D eigenvalue weighted by Gasteiger charge is -2.00. The number of hydrogen-bond donors (Lipinski definition) is 1. The van der Waals surface area contributed by atoms with Crippen LogP contribution in [-0.2, 0) is 4.79 Å². The SMILES string of the molecule is CC(=O)Nc1nc(-c2ccc(Cl)cc2Cl)cs1. The Kier molecular flexibility index (Phi) is 3.66. The first-order valence-electron chi connectivity index (χ1n) is 4.75. The van der Waals surface area contributed by atoms with E-state index in [1.165, 1.54) is 18.3 Å². The van der Waals surface area contributed by atoms with E-state index in [0.717, 1.165) is 11.3 Å². The van der Waals surface area contributed by atoms with E-state index in [1.54, 1.807) is 18.2 Å². The zero-order valence-electron chi connectivity index (χ0n) is 8.83. The van der Waals surface area contributed by atoms with Gasteiger partial charge in [0, 0.05) is 22.9 Å². The van der Waals surface area contributed by atoms with Crippen molar-refractivity contribution in [2.45, 2.75) is 6.92 Å². The van der Waals surface area contributed by atoms with Gasteiger partial charge in [0.05, 0.1) is 10.7 Å². The molecule has 0 bridgehead atoms. The maximum atomic E-state index is 10.9. The molecule has 1 aromatic heterocycles. The fourth-order valence-corrected chi connectivity index (χ4v) is 2.56. The van der Waals surface area contributed by atoms with E-state index in [0.29, 0.717) is 15.2 Å². The van der Waals surface area contributed by atoms with Gasteiger partial charge in [-0.25, -0.2) is 4.98 Å². The van der Waals surface area contributed by atoms with Crippen LogP contribution in [-0.4, -0.2) is 10.9 Å². The van der Waals surface area contributed by atoms with Crippen LogP contribution in [0.3, 0.4) is 0 Å². The highest BCUT2D eigenvalue weighted by molar-refractivity contribution is 7.14. The smallest absolute Gasteiger partial charge is 0.223 e. The molecular formula is C11H8Cl2N2OS. The van der Waals surface area contributed by atoms with Gasteiger partial charge in [-0.2, -0.15) is 0 Å². The standard InChI is InChI=1S/C11H8Cl2N2OS/c1-6(16)14-11-15-10(5-17-11)8-3-2-7(12)4-9(8)13/h2-5H,1H3,(H,14,15,16). The molecule has 0 saturated heterocycles. The van der Waals surface area contributed by atoms with E-state index >= 15 is 0 Å². The molecule has 1 heterocycles. The molecule has 1 N–H and O–H groups in total. The third-order valence-corrected chi connectivity index (χ3v) is 3.30. The van der Waals surface area contributed by atoms with E-state index in [1.807, 2.05) is 5.38 Å². The van der Waals surface area contributed by atoms with Crippen molar-refractivity contribution in [2.75, 3.05) is 5.32 Å². The molecule has 0 unspecified atom stereocenters. The van der Waals surface area contributed by atoms with Crippen molar-refractivity contribution < 1.29 is 4.79 Å². The highest BCUT2D eigenvalue weighted by Crippen LogP contribution is 2.32. The Balaban J connectivity index is 2.33. The molecule has 17 heavy (non-hydrogen) atoms. The van der Waals surface area contributed by atoms with Crippen molar-refractivity contribution in [3.63, 3.8) is 0 Å². The lowest BCUT2D eigenvalue weighted by Crippen LogP contribution is -2.04. The fraction of sp³-hybridized carbons (Fsp3) is 0.0909. The lowest BCUT2D eigenvalue weighted by atomic mass is 10.2. The molecular weight excluding hydrogens is 279 g/mol. The number of benzene rings is 1. The van der Waals surface area contributed by atoms with Crippen LogP contribution in [0.5, 0.6) is 0 Å². The molecule has 0 spiro atoms. The summed E-state index contributed by atoms with van der Waals surface area (Å²) in [5.74, 6) is -0.145. The number of nitrogens with zero attached hydrogens (tertiary/aromatic N) is 1.